The van der Waals surface area contributed by atoms with Gasteiger partial charge in [0.1, 0.15) is 18.1 Å². The second-order valence-corrected chi connectivity index (χ2v) is 4.51. The Hall–Kier alpha value is -2.18. The topological polar surface area (TPSA) is 94.4 Å². The van der Waals surface area contributed by atoms with Crippen LogP contribution in [0, 0.1) is 23.0 Å². The molecule has 0 aliphatic rings. The fraction of sp³-hybridized carbons (Fsp3) is 0.500. The first-order valence-corrected chi connectivity index (χ1v) is 5.82. The van der Waals surface area contributed by atoms with Gasteiger partial charge in [-0.3, -0.25) is 10.1 Å². The van der Waals surface area contributed by atoms with Gasteiger partial charge in [-0.15, -0.1) is 0 Å². The number of esters is 1. The zero-order valence-corrected chi connectivity index (χ0v) is 11.3. The molecule has 0 amide bonds. The first kappa shape index (κ1) is 14.9. The summed E-state index contributed by atoms with van der Waals surface area (Å²) < 4.78 is 4.71. The van der Waals surface area contributed by atoms with Gasteiger partial charge in [-0.2, -0.15) is 0 Å². The van der Waals surface area contributed by atoms with Gasteiger partial charge in [0.25, 0.3) is 5.69 Å². The minimum Gasteiger partial charge on any atom is -0.467 e. The third kappa shape index (κ3) is 3.64. The summed E-state index contributed by atoms with van der Waals surface area (Å²) in [6, 6.07) is 0.863. The number of carbonyl (C=O) groups is 1. The van der Waals surface area contributed by atoms with Crippen molar-refractivity contribution >= 4 is 17.5 Å². The Morgan fingerprint density at radius 1 is 1.53 bits per heavy atom. The molecule has 7 nitrogen and oxygen atoms in total. The minimum atomic E-state index is -0.544. The van der Waals surface area contributed by atoms with Gasteiger partial charge in [0.15, 0.2) is 0 Å². The Bertz CT molecular complexity index is 488. The number of hydrogen-bond donors (Lipinski definition) is 1. The smallest absolute Gasteiger partial charge is 0.328 e. The maximum absolute atomic E-state index is 11.6. The van der Waals surface area contributed by atoms with Crippen LogP contribution in [0.3, 0.4) is 0 Å². The highest BCUT2D eigenvalue weighted by atomic mass is 16.6. The SMILES string of the molecule is COC(=O)C(Nc1ncc([N+](=O)[O-])cc1C)C(C)C. The van der Waals surface area contributed by atoms with Crippen molar-refractivity contribution in [2.75, 3.05) is 12.4 Å². The number of methoxy groups -OCH3 is 1. The maximum atomic E-state index is 11.6. The number of aromatic nitrogens is 1. The van der Waals surface area contributed by atoms with E-state index in [-0.39, 0.29) is 11.6 Å². The molecule has 104 valence electrons. The van der Waals surface area contributed by atoms with Crippen LogP contribution in [-0.4, -0.2) is 29.0 Å². The molecule has 7 heteroatoms. The van der Waals surface area contributed by atoms with Crippen LogP contribution in [0.1, 0.15) is 19.4 Å². The first-order valence-electron chi connectivity index (χ1n) is 5.82. The largest absolute Gasteiger partial charge is 0.467 e. The average Bonchev–Trinajstić information content (AvgIpc) is 2.35. The fourth-order valence-corrected chi connectivity index (χ4v) is 1.58. The molecule has 0 spiro atoms. The van der Waals surface area contributed by atoms with Crippen LogP contribution >= 0.6 is 0 Å². The fourth-order valence-electron chi connectivity index (χ4n) is 1.58. The molecule has 0 aromatic carbocycles. The zero-order valence-electron chi connectivity index (χ0n) is 11.3. The number of nitrogens with one attached hydrogen (secondary N) is 1. The molecule has 1 N–H and O–H groups in total. The van der Waals surface area contributed by atoms with Gasteiger partial charge in [0.05, 0.1) is 12.0 Å². The molecule has 1 unspecified atom stereocenters. The lowest BCUT2D eigenvalue weighted by Crippen LogP contribution is -2.36. The number of anilines is 1. The Morgan fingerprint density at radius 3 is 2.58 bits per heavy atom. The summed E-state index contributed by atoms with van der Waals surface area (Å²) in [7, 11) is 1.31. The van der Waals surface area contributed by atoms with E-state index in [4.69, 9.17) is 4.74 Å². The number of nitro groups is 1. The maximum Gasteiger partial charge on any atom is 0.328 e. The minimum absolute atomic E-state index is 0.00356. The van der Waals surface area contributed by atoms with Crippen LogP contribution in [0.15, 0.2) is 12.3 Å². The molecule has 0 fully saturated rings. The van der Waals surface area contributed by atoms with Crippen LogP contribution in [0.25, 0.3) is 0 Å². The van der Waals surface area contributed by atoms with Gasteiger partial charge in [-0.25, -0.2) is 9.78 Å². The lowest BCUT2D eigenvalue weighted by molar-refractivity contribution is -0.385. The van der Waals surface area contributed by atoms with E-state index in [2.05, 4.69) is 10.3 Å². The summed E-state index contributed by atoms with van der Waals surface area (Å²) in [6.07, 6.45) is 1.16. The lowest BCUT2D eigenvalue weighted by atomic mass is 10.0. The number of aryl methyl sites for hydroxylation is 1. The Labute approximate surface area is 111 Å². The lowest BCUT2D eigenvalue weighted by Gasteiger charge is -2.21. The van der Waals surface area contributed by atoms with E-state index in [1.165, 1.54) is 13.2 Å². The molecule has 19 heavy (non-hydrogen) atoms. The number of ether oxygens (including phenoxy) is 1. The molecule has 1 aromatic heterocycles. The van der Waals surface area contributed by atoms with Crippen LogP contribution < -0.4 is 5.32 Å². The van der Waals surface area contributed by atoms with Crippen LogP contribution in [0.5, 0.6) is 0 Å². The third-order valence-electron chi connectivity index (χ3n) is 2.69. The van der Waals surface area contributed by atoms with E-state index < -0.39 is 16.9 Å². The standard InChI is InChI=1S/C12H17N3O4/c1-7(2)10(12(16)19-4)14-11-8(3)5-9(6-13-11)15(17)18/h5-7,10H,1-4H3,(H,13,14). The van der Waals surface area contributed by atoms with Crippen molar-refractivity contribution in [1.82, 2.24) is 4.98 Å². The van der Waals surface area contributed by atoms with E-state index in [9.17, 15) is 14.9 Å². The average molecular weight is 267 g/mol. The van der Waals surface area contributed by atoms with E-state index in [1.807, 2.05) is 13.8 Å². The number of hydrogen-bond acceptors (Lipinski definition) is 6. The molecule has 1 aromatic rings. The molecule has 0 radical (unpaired) electrons. The normalized spacial score (nSPS) is 12.1. The molecule has 0 saturated heterocycles. The highest BCUT2D eigenvalue weighted by molar-refractivity contribution is 5.79. The van der Waals surface area contributed by atoms with Crippen molar-refractivity contribution in [2.45, 2.75) is 26.8 Å². The highest BCUT2D eigenvalue weighted by Crippen LogP contribution is 2.20. The molecule has 0 aliphatic carbocycles. The van der Waals surface area contributed by atoms with Crippen molar-refractivity contribution in [1.29, 1.82) is 0 Å². The number of rotatable bonds is 5. The monoisotopic (exact) mass is 267 g/mol. The van der Waals surface area contributed by atoms with Crippen molar-refractivity contribution in [3.63, 3.8) is 0 Å². The summed E-state index contributed by atoms with van der Waals surface area (Å²) in [5.74, 6) is 0.0492. The third-order valence-corrected chi connectivity index (χ3v) is 2.69. The van der Waals surface area contributed by atoms with Crippen LogP contribution in [0.4, 0.5) is 11.5 Å². The summed E-state index contributed by atoms with van der Waals surface area (Å²) in [4.78, 5) is 25.7. The van der Waals surface area contributed by atoms with Gasteiger partial charge >= 0.3 is 5.97 Å². The Balaban J connectivity index is 2.97. The molecule has 1 heterocycles. The second-order valence-electron chi connectivity index (χ2n) is 4.51. The van der Waals surface area contributed by atoms with Gasteiger partial charge in [0.2, 0.25) is 0 Å². The number of nitrogens with zero attached hydrogens (tertiary/aromatic N) is 2. The highest BCUT2D eigenvalue weighted by Gasteiger charge is 2.24. The molecule has 0 aliphatic heterocycles. The van der Waals surface area contributed by atoms with Crippen molar-refractivity contribution < 1.29 is 14.5 Å². The van der Waals surface area contributed by atoms with Gasteiger partial charge in [0, 0.05) is 6.07 Å². The van der Waals surface area contributed by atoms with Crippen molar-refractivity contribution in [2.24, 2.45) is 5.92 Å². The summed E-state index contributed by atoms with van der Waals surface area (Å²) in [6.45, 7) is 5.43. The van der Waals surface area contributed by atoms with E-state index >= 15 is 0 Å². The molecule has 1 atom stereocenters. The van der Waals surface area contributed by atoms with E-state index in [1.54, 1.807) is 6.92 Å². The summed E-state index contributed by atoms with van der Waals surface area (Å²) in [5, 5.41) is 13.6. The quantitative estimate of drug-likeness (QED) is 0.497. The van der Waals surface area contributed by atoms with E-state index in [0.717, 1.165) is 6.20 Å². The van der Waals surface area contributed by atoms with Crippen molar-refractivity contribution in [3.05, 3.63) is 27.9 Å². The van der Waals surface area contributed by atoms with Gasteiger partial charge in [-0.05, 0) is 18.4 Å². The summed E-state index contributed by atoms with van der Waals surface area (Å²) >= 11 is 0. The summed E-state index contributed by atoms with van der Waals surface area (Å²) in [5.41, 5.74) is 0.519. The molecule has 0 bridgehead atoms. The molecular formula is C12H17N3O4. The predicted octanol–water partition coefficient (Wildman–Crippen LogP) is 1.91. The molecule has 1 rings (SSSR count). The van der Waals surface area contributed by atoms with E-state index in [0.29, 0.717) is 11.4 Å². The number of carbonyl (C=O) groups excluding carboxylic acids is 1. The van der Waals surface area contributed by atoms with Crippen LogP contribution in [0.2, 0.25) is 0 Å². The van der Waals surface area contributed by atoms with Crippen LogP contribution in [-0.2, 0) is 9.53 Å². The molecular weight excluding hydrogens is 250 g/mol. The van der Waals surface area contributed by atoms with Gasteiger partial charge in [-0.1, -0.05) is 13.8 Å². The zero-order chi connectivity index (χ0) is 14.6. The Kier molecular flexibility index (Phi) is 4.80. The first-order chi connectivity index (χ1) is 8.86. The second kappa shape index (κ2) is 6.12. The van der Waals surface area contributed by atoms with Gasteiger partial charge < -0.3 is 10.1 Å². The van der Waals surface area contributed by atoms with Crippen molar-refractivity contribution in [3.8, 4) is 0 Å². The molecule has 0 saturated carbocycles. The predicted molar refractivity (Wildman–Crippen MR) is 69.9 cm³/mol. The number of pyridine rings is 1. The Morgan fingerprint density at radius 2 is 2.16 bits per heavy atom.